The zero-order chi connectivity index (χ0) is 11.1. The SMILES string of the molecule is CC(C)C1N(C2CC2)CCCC1(N)CO. The number of nitrogens with two attached hydrogens (primary N) is 1. The van der Waals surface area contributed by atoms with Crippen molar-refractivity contribution in [1.29, 1.82) is 0 Å². The smallest absolute Gasteiger partial charge is 0.0626 e. The van der Waals surface area contributed by atoms with E-state index in [9.17, 15) is 5.11 Å². The quantitative estimate of drug-likeness (QED) is 0.732. The lowest BCUT2D eigenvalue weighted by Crippen LogP contribution is -2.66. The van der Waals surface area contributed by atoms with Gasteiger partial charge in [-0.1, -0.05) is 13.8 Å². The lowest BCUT2D eigenvalue weighted by atomic mass is 9.77. The van der Waals surface area contributed by atoms with Crippen LogP contribution < -0.4 is 5.73 Å². The first-order valence-corrected chi connectivity index (χ1v) is 6.24. The number of piperidine rings is 1. The Hall–Kier alpha value is -0.120. The van der Waals surface area contributed by atoms with Crippen molar-refractivity contribution in [2.24, 2.45) is 11.7 Å². The second-order valence-electron chi connectivity index (χ2n) is 5.65. The molecule has 2 fully saturated rings. The Labute approximate surface area is 92.6 Å². The van der Waals surface area contributed by atoms with Crippen molar-refractivity contribution < 1.29 is 5.11 Å². The Morgan fingerprint density at radius 3 is 2.60 bits per heavy atom. The maximum Gasteiger partial charge on any atom is 0.0626 e. The first-order valence-electron chi connectivity index (χ1n) is 6.24. The number of aliphatic hydroxyl groups excluding tert-OH is 1. The van der Waals surface area contributed by atoms with Gasteiger partial charge < -0.3 is 10.8 Å². The molecule has 0 bridgehead atoms. The van der Waals surface area contributed by atoms with Crippen molar-refractivity contribution in [3.8, 4) is 0 Å². The van der Waals surface area contributed by atoms with Crippen LogP contribution in [0.15, 0.2) is 0 Å². The highest BCUT2D eigenvalue weighted by Gasteiger charge is 2.47. The van der Waals surface area contributed by atoms with E-state index in [0.29, 0.717) is 12.0 Å². The van der Waals surface area contributed by atoms with Crippen LogP contribution >= 0.6 is 0 Å². The molecule has 2 atom stereocenters. The van der Waals surface area contributed by atoms with Gasteiger partial charge >= 0.3 is 0 Å². The van der Waals surface area contributed by atoms with Crippen LogP contribution in [0.2, 0.25) is 0 Å². The normalized spacial score (nSPS) is 38.6. The van der Waals surface area contributed by atoms with Gasteiger partial charge in [0.25, 0.3) is 0 Å². The van der Waals surface area contributed by atoms with Crippen LogP contribution in [0.4, 0.5) is 0 Å². The molecule has 3 heteroatoms. The van der Waals surface area contributed by atoms with E-state index in [1.165, 1.54) is 19.4 Å². The van der Waals surface area contributed by atoms with Crippen molar-refractivity contribution >= 4 is 0 Å². The summed E-state index contributed by atoms with van der Waals surface area (Å²) in [5.74, 6) is 0.531. The second kappa shape index (κ2) is 4.04. The Balaban J connectivity index is 2.17. The van der Waals surface area contributed by atoms with Crippen molar-refractivity contribution in [1.82, 2.24) is 4.90 Å². The van der Waals surface area contributed by atoms with E-state index < -0.39 is 0 Å². The zero-order valence-corrected chi connectivity index (χ0v) is 9.95. The lowest BCUT2D eigenvalue weighted by Gasteiger charge is -2.49. The number of likely N-dealkylation sites (tertiary alicyclic amines) is 1. The fraction of sp³-hybridized carbons (Fsp3) is 1.00. The van der Waals surface area contributed by atoms with E-state index in [2.05, 4.69) is 18.7 Å². The average Bonchev–Trinajstić information content (AvgIpc) is 3.00. The van der Waals surface area contributed by atoms with Crippen LogP contribution in [0.1, 0.15) is 39.5 Å². The summed E-state index contributed by atoms with van der Waals surface area (Å²) in [6, 6.07) is 1.12. The molecular formula is C12H24N2O. The molecule has 88 valence electrons. The van der Waals surface area contributed by atoms with E-state index in [1.54, 1.807) is 0 Å². The van der Waals surface area contributed by atoms with Gasteiger partial charge in [0.1, 0.15) is 0 Å². The van der Waals surface area contributed by atoms with Gasteiger partial charge in [-0.2, -0.15) is 0 Å². The van der Waals surface area contributed by atoms with Crippen LogP contribution in [0.3, 0.4) is 0 Å². The summed E-state index contributed by atoms with van der Waals surface area (Å²) in [5.41, 5.74) is 6.00. The molecule has 1 aliphatic heterocycles. The molecule has 0 aromatic carbocycles. The van der Waals surface area contributed by atoms with E-state index in [1.807, 2.05) is 0 Å². The van der Waals surface area contributed by atoms with Crippen molar-refractivity contribution in [2.75, 3.05) is 13.2 Å². The minimum Gasteiger partial charge on any atom is -0.394 e. The molecule has 0 aromatic rings. The molecule has 1 saturated carbocycles. The topological polar surface area (TPSA) is 49.5 Å². The Kier molecular flexibility index (Phi) is 3.06. The first kappa shape index (κ1) is 11.4. The molecule has 15 heavy (non-hydrogen) atoms. The third-order valence-corrected chi connectivity index (χ3v) is 3.95. The minimum atomic E-state index is -0.366. The van der Waals surface area contributed by atoms with Crippen molar-refractivity contribution in [2.45, 2.75) is 57.2 Å². The molecule has 0 spiro atoms. The van der Waals surface area contributed by atoms with Gasteiger partial charge in [-0.15, -0.1) is 0 Å². The van der Waals surface area contributed by atoms with Crippen LogP contribution in [-0.2, 0) is 0 Å². The Morgan fingerprint density at radius 1 is 1.47 bits per heavy atom. The zero-order valence-electron chi connectivity index (χ0n) is 9.95. The molecule has 1 heterocycles. The molecule has 2 aliphatic rings. The monoisotopic (exact) mass is 212 g/mol. The molecule has 1 aliphatic carbocycles. The first-order chi connectivity index (χ1) is 7.08. The van der Waals surface area contributed by atoms with E-state index in [0.717, 1.165) is 18.9 Å². The number of hydrogen-bond donors (Lipinski definition) is 2. The molecule has 3 N–H and O–H groups in total. The standard InChI is InChI=1S/C12H24N2O/c1-9(2)11-12(13,8-15)6-3-7-14(11)10-4-5-10/h9-11,15H,3-8,13H2,1-2H3. The third-order valence-electron chi connectivity index (χ3n) is 3.95. The van der Waals surface area contributed by atoms with Gasteiger partial charge in [0.05, 0.1) is 12.1 Å². The summed E-state index contributed by atoms with van der Waals surface area (Å²) < 4.78 is 0. The van der Waals surface area contributed by atoms with Crippen LogP contribution in [0.25, 0.3) is 0 Å². The molecule has 2 rings (SSSR count). The van der Waals surface area contributed by atoms with Gasteiger partial charge in [0, 0.05) is 12.1 Å². The van der Waals surface area contributed by atoms with E-state index in [-0.39, 0.29) is 12.1 Å². The minimum absolute atomic E-state index is 0.124. The Morgan fingerprint density at radius 2 is 2.13 bits per heavy atom. The lowest BCUT2D eigenvalue weighted by molar-refractivity contribution is 0.00326. The van der Waals surface area contributed by atoms with Gasteiger partial charge in [-0.05, 0) is 38.1 Å². The van der Waals surface area contributed by atoms with Gasteiger partial charge in [0.15, 0.2) is 0 Å². The fourth-order valence-corrected chi connectivity index (χ4v) is 3.24. The molecule has 3 nitrogen and oxygen atoms in total. The van der Waals surface area contributed by atoms with E-state index in [4.69, 9.17) is 5.73 Å². The summed E-state index contributed by atoms with van der Waals surface area (Å²) in [5, 5.41) is 9.54. The van der Waals surface area contributed by atoms with Gasteiger partial charge in [-0.3, -0.25) is 4.90 Å². The number of nitrogens with zero attached hydrogens (tertiary/aromatic N) is 1. The summed E-state index contributed by atoms with van der Waals surface area (Å²) in [4.78, 5) is 2.56. The largest absolute Gasteiger partial charge is 0.394 e. The van der Waals surface area contributed by atoms with Gasteiger partial charge in [0.2, 0.25) is 0 Å². The highest BCUT2D eigenvalue weighted by atomic mass is 16.3. The average molecular weight is 212 g/mol. The summed E-state index contributed by atoms with van der Waals surface area (Å²) in [6.45, 7) is 5.75. The fourth-order valence-electron chi connectivity index (χ4n) is 3.24. The van der Waals surface area contributed by atoms with Crippen LogP contribution in [-0.4, -0.2) is 40.8 Å². The third kappa shape index (κ3) is 2.05. The van der Waals surface area contributed by atoms with Crippen LogP contribution in [0.5, 0.6) is 0 Å². The maximum atomic E-state index is 9.54. The number of hydrogen-bond acceptors (Lipinski definition) is 3. The highest BCUT2D eigenvalue weighted by Crippen LogP contribution is 2.38. The second-order valence-corrected chi connectivity index (χ2v) is 5.65. The molecule has 2 unspecified atom stereocenters. The van der Waals surface area contributed by atoms with Crippen molar-refractivity contribution in [3.63, 3.8) is 0 Å². The van der Waals surface area contributed by atoms with E-state index >= 15 is 0 Å². The molecule has 1 saturated heterocycles. The maximum absolute atomic E-state index is 9.54. The molecular weight excluding hydrogens is 188 g/mol. The summed E-state index contributed by atoms with van der Waals surface area (Å²) in [6.07, 6.45) is 4.75. The predicted molar refractivity (Wildman–Crippen MR) is 61.6 cm³/mol. The Bertz CT molecular complexity index is 228. The van der Waals surface area contributed by atoms with Crippen molar-refractivity contribution in [3.05, 3.63) is 0 Å². The highest BCUT2D eigenvalue weighted by molar-refractivity contribution is 5.05. The molecule has 0 radical (unpaired) electrons. The molecule has 0 aromatic heterocycles. The summed E-state index contributed by atoms with van der Waals surface area (Å²) in [7, 11) is 0. The molecule has 0 amide bonds. The number of aliphatic hydroxyl groups is 1. The van der Waals surface area contributed by atoms with Gasteiger partial charge in [-0.25, -0.2) is 0 Å². The predicted octanol–water partition coefficient (Wildman–Crippen LogP) is 0.959. The van der Waals surface area contributed by atoms with Crippen LogP contribution in [0, 0.1) is 5.92 Å². The summed E-state index contributed by atoms with van der Waals surface area (Å²) >= 11 is 0. The number of rotatable bonds is 3.